The predicted molar refractivity (Wildman–Crippen MR) is 104 cm³/mol. The molecule has 2 aliphatic carbocycles. The van der Waals surface area contributed by atoms with Gasteiger partial charge in [0.05, 0.1) is 11.0 Å². The van der Waals surface area contributed by atoms with Gasteiger partial charge in [0.25, 0.3) is 0 Å². The van der Waals surface area contributed by atoms with E-state index < -0.39 is 0 Å². The van der Waals surface area contributed by atoms with E-state index in [1.54, 1.807) is 0 Å². The van der Waals surface area contributed by atoms with Crippen LogP contribution >= 0.6 is 0 Å². The average molecular weight is 353 g/mol. The second-order valence-electron chi connectivity index (χ2n) is 8.03. The summed E-state index contributed by atoms with van der Waals surface area (Å²) < 4.78 is 0. The molecule has 0 radical (unpaired) electrons. The van der Waals surface area contributed by atoms with Crippen molar-refractivity contribution in [2.75, 3.05) is 6.54 Å². The fourth-order valence-corrected chi connectivity index (χ4v) is 5.77. The quantitative estimate of drug-likeness (QED) is 0.499. The highest BCUT2D eigenvalue weighted by Gasteiger charge is 2.58. The van der Waals surface area contributed by atoms with Gasteiger partial charge >= 0.3 is 0 Å². The van der Waals surface area contributed by atoms with Crippen LogP contribution in [0.15, 0.2) is 42.7 Å². The highest BCUT2D eigenvalue weighted by atomic mass is 16.2. The number of pyridine rings is 2. The molecule has 4 heteroatoms. The zero-order valence-corrected chi connectivity index (χ0v) is 14.9. The van der Waals surface area contributed by atoms with E-state index in [0.717, 1.165) is 40.3 Å². The van der Waals surface area contributed by atoms with E-state index in [1.165, 1.54) is 6.42 Å². The molecule has 6 rings (SSSR count). The van der Waals surface area contributed by atoms with Gasteiger partial charge in [-0.15, -0.1) is 0 Å². The van der Waals surface area contributed by atoms with E-state index in [1.807, 2.05) is 24.5 Å². The van der Waals surface area contributed by atoms with Crippen molar-refractivity contribution in [3.8, 4) is 11.8 Å². The highest BCUT2D eigenvalue weighted by molar-refractivity contribution is 6.04. The van der Waals surface area contributed by atoms with Crippen LogP contribution in [0.3, 0.4) is 0 Å². The molecule has 5 atom stereocenters. The maximum atomic E-state index is 12.2. The van der Waals surface area contributed by atoms with E-state index in [2.05, 4.69) is 45.3 Å². The fourth-order valence-electron chi connectivity index (χ4n) is 5.77. The van der Waals surface area contributed by atoms with Crippen LogP contribution in [0.4, 0.5) is 0 Å². The first-order valence-electron chi connectivity index (χ1n) is 9.73. The van der Waals surface area contributed by atoms with Gasteiger partial charge in [0.15, 0.2) is 0 Å². The lowest BCUT2D eigenvalue weighted by atomic mass is 9.81. The number of aromatic nitrogens is 2. The summed E-state index contributed by atoms with van der Waals surface area (Å²) in [6, 6.07) is 10.2. The smallest absolute Gasteiger partial charge is 0.223 e. The van der Waals surface area contributed by atoms with Gasteiger partial charge in [0.2, 0.25) is 5.91 Å². The summed E-state index contributed by atoms with van der Waals surface area (Å²) in [5.74, 6) is 9.34. The lowest BCUT2D eigenvalue weighted by molar-refractivity contribution is -0.124. The van der Waals surface area contributed by atoms with Crippen molar-refractivity contribution < 1.29 is 4.79 Å². The minimum Gasteiger partial charge on any atom is -0.356 e. The lowest BCUT2D eigenvalue weighted by Crippen LogP contribution is -2.25. The molecular formula is C23H19N3O. The summed E-state index contributed by atoms with van der Waals surface area (Å²) in [7, 11) is 0. The van der Waals surface area contributed by atoms with Crippen molar-refractivity contribution in [1.29, 1.82) is 0 Å². The SMILES string of the molecule is O=C1NCC2C3CCC(C3C#Cc3ccnc4c3ccc3cccnc34)C12. The summed E-state index contributed by atoms with van der Waals surface area (Å²) in [5.41, 5.74) is 2.84. The Hall–Kier alpha value is -2.93. The molecule has 1 saturated heterocycles. The Morgan fingerprint density at radius 3 is 2.78 bits per heavy atom. The summed E-state index contributed by atoms with van der Waals surface area (Å²) in [6.07, 6.45) is 5.99. The van der Waals surface area contributed by atoms with Crippen LogP contribution in [0.1, 0.15) is 18.4 Å². The number of nitrogens with zero attached hydrogens (tertiary/aromatic N) is 2. The van der Waals surface area contributed by atoms with E-state index in [9.17, 15) is 4.79 Å². The molecule has 1 N–H and O–H groups in total. The van der Waals surface area contributed by atoms with Gasteiger partial charge in [0, 0.05) is 47.1 Å². The molecular weight excluding hydrogens is 334 g/mol. The minimum atomic E-state index is 0.199. The maximum Gasteiger partial charge on any atom is 0.223 e. The van der Waals surface area contributed by atoms with Crippen molar-refractivity contribution >= 4 is 27.7 Å². The summed E-state index contributed by atoms with van der Waals surface area (Å²) in [4.78, 5) is 21.3. The van der Waals surface area contributed by atoms with Crippen LogP contribution in [0, 0.1) is 41.4 Å². The monoisotopic (exact) mass is 353 g/mol. The number of amides is 1. The van der Waals surface area contributed by atoms with Crippen molar-refractivity contribution in [3.05, 3.63) is 48.3 Å². The first kappa shape index (κ1) is 15.2. The Morgan fingerprint density at radius 1 is 0.963 bits per heavy atom. The lowest BCUT2D eigenvalue weighted by Gasteiger charge is -2.20. The fraction of sp³-hybridized carbons (Fsp3) is 0.348. The van der Waals surface area contributed by atoms with Gasteiger partial charge in [-0.3, -0.25) is 14.8 Å². The minimum absolute atomic E-state index is 0.199. The Labute approximate surface area is 157 Å². The number of hydrogen-bond donors (Lipinski definition) is 1. The molecule has 0 spiro atoms. The van der Waals surface area contributed by atoms with Gasteiger partial charge in [-0.2, -0.15) is 0 Å². The number of hydrogen-bond acceptors (Lipinski definition) is 3. The molecule has 3 aromatic rings. The van der Waals surface area contributed by atoms with Crippen LogP contribution in [0.25, 0.3) is 21.8 Å². The highest BCUT2D eigenvalue weighted by Crippen LogP contribution is 2.57. The van der Waals surface area contributed by atoms with E-state index in [-0.39, 0.29) is 11.8 Å². The normalized spacial score (nSPS) is 31.0. The number of carbonyl (C=O) groups is 1. The molecule has 1 amide bonds. The van der Waals surface area contributed by atoms with E-state index in [0.29, 0.717) is 23.7 Å². The van der Waals surface area contributed by atoms with E-state index in [4.69, 9.17) is 0 Å². The van der Waals surface area contributed by atoms with Crippen molar-refractivity contribution in [2.24, 2.45) is 29.6 Å². The van der Waals surface area contributed by atoms with Gasteiger partial charge in [0.1, 0.15) is 0 Å². The summed E-state index contributed by atoms with van der Waals surface area (Å²) in [6.45, 7) is 0.846. The van der Waals surface area contributed by atoms with Crippen molar-refractivity contribution in [2.45, 2.75) is 12.8 Å². The third-order valence-electron chi connectivity index (χ3n) is 6.90. The average Bonchev–Trinajstić information content (AvgIpc) is 3.38. The standard InChI is InChI=1S/C23H19N3O/c27-23-20-18-8-7-17(19(20)12-26-23)16(18)6-3-13-9-11-25-22-15(13)5-4-14-2-1-10-24-21(14)22/h1-2,4-5,9-11,16-20H,7-8,12H2,(H,26,27). The Morgan fingerprint density at radius 2 is 1.85 bits per heavy atom. The van der Waals surface area contributed by atoms with Crippen LogP contribution in [-0.4, -0.2) is 22.4 Å². The van der Waals surface area contributed by atoms with Crippen molar-refractivity contribution in [3.63, 3.8) is 0 Å². The molecule has 27 heavy (non-hydrogen) atoms. The predicted octanol–water partition coefficient (Wildman–Crippen LogP) is 3.15. The van der Waals surface area contributed by atoms with Crippen LogP contribution < -0.4 is 5.32 Å². The number of carbonyl (C=O) groups excluding carboxylic acids is 1. The second kappa shape index (κ2) is 5.53. The molecule has 1 aromatic carbocycles. The second-order valence-corrected chi connectivity index (χ2v) is 8.03. The Bertz CT molecular complexity index is 1160. The zero-order valence-electron chi connectivity index (χ0n) is 14.9. The van der Waals surface area contributed by atoms with Gasteiger partial charge in [-0.25, -0.2) is 0 Å². The molecule has 132 valence electrons. The summed E-state index contributed by atoms with van der Waals surface area (Å²) in [5, 5.41) is 5.20. The van der Waals surface area contributed by atoms with Crippen LogP contribution in [0.5, 0.6) is 0 Å². The van der Waals surface area contributed by atoms with Crippen molar-refractivity contribution in [1.82, 2.24) is 15.3 Å². The number of benzene rings is 1. The molecule has 2 aromatic heterocycles. The van der Waals surface area contributed by atoms with Gasteiger partial charge < -0.3 is 5.32 Å². The molecule has 5 unspecified atom stereocenters. The first-order chi connectivity index (χ1) is 13.3. The molecule has 2 bridgehead atoms. The molecule has 2 saturated carbocycles. The third kappa shape index (κ3) is 2.09. The van der Waals surface area contributed by atoms with Crippen LogP contribution in [0.2, 0.25) is 0 Å². The number of fused-ring (bicyclic) bond motifs is 8. The van der Waals surface area contributed by atoms with Crippen LogP contribution in [-0.2, 0) is 4.79 Å². The largest absolute Gasteiger partial charge is 0.356 e. The first-order valence-corrected chi connectivity index (χ1v) is 9.73. The molecule has 3 aliphatic rings. The molecule has 3 fully saturated rings. The number of rotatable bonds is 0. The van der Waals surface area contributed by atoms with E-state index >= 15 is 0 Å². The Kier molecular flexibility index (Phi) is 3.11. The maximum absolute atomic E-state index is 12.2. The van der Waals surface area contributed by atoms with Gasteiger partial charge in [-0.05, 0) is 42.7 Å². The molecule has 3 heterocycles. The number of nitrogens with one attached hydrogen (secondary N) is 1. The topological polar surface area (TPSA) is 54.9 Å². The molecule has 4 nitrogen and oxygen atoms in total. The third-order valence-corrected chi connectivity index (χ3v) is 6.90. The summed E-state index contributed by atoms with van der Waals surface area (Å²) >= 11 is 0. The Balaban J connectivity index is 1.43. The molecule has 1 aliphatic heterocycles. The van der Waals surface area contributed by atoms with Gasteiger partial charge in [-0.1, -0.05) is 30.0 Å². The zero-order chi connectivity index (χ0) is 18.0.